The van der Waals surface area contributed by atoms with E-state index in [2.05, 4.69) is 16.0 Å². The molecule has 146 valence electrons. The van der Waals surface area contributed by atoms with Gasteiger partial charge in [0.1, 0.15) is 0 Å². The van der Waals surface area contributed by atoms with E-state index in [1.54, 1.807) is 24.3 Å². The van der Waals surface area contributed by atoms with Crippen LogP contribution in [0, 0.1) is 5.92 Å². The van der Waals surface area contributed by atoms with E-state index in [1.807, 2.05) is 0 Å². The highest BCUT2D eigenvalue weighted by Gasteiger charge is 2.28. The Labute approximate surface area is 157 Å². The molecule has 8 heteroatoms. The van der Waals surface area contributed by atoms with Gasteiger partial charge in [-0.1, -0.05) is 0 Å². The van der Waals surface area contributed by atoms with Crippen LogP contribution in [0.2, 0.25) is 0 Å². The fourth-order valence-electron chi connectivity index (χ4n) is 3.18. The van der Waals surface area contributed by atoms with Crippen LogP contribution in [0.3, 0.4) is 0 Å². The molecule has 2 fully saturated rings. The lowest BCUT2D eigenvalue weighted by atomic mass is 9.89. The molecular weight excluding hydrogens is 350 g/mol. The molecule has 2 aliphatic rings. The minimum Gasteiger partial charge on any atom is -0.481 e. The fraction of sp³-hybridized carbons (Fsp3) is 0.526. The van der Waals surface area contributed by atoms with Gasteiger partial charge in [-0.3, -0.25) is 9.59 Å². The second-order valence-corrected chi connectivity index (χ2v) is 7.08. The summed E-state index contributed by atoms with van der Waals surface area (Å²) in [6, 6.07) is 6.13. The van der Waals surface area contributed by atoms with Crippen molar-refractivity contribution in [1.82, 2.24) is 10.6 Å². The lowest BCUT2D eigenvalue weighted by Crippen LogP contribution is -2.43. The van der Waals surface area contributed by atoms with Crippen molar-refractivity contribution in [3.8, 4) is 0 Å². The van der Waals surface area contributed by atoms with Crippen molar-refractivity contribution in [2.75, 3.05) is 18.5 Å². The van der Waals surface area contributed by atoms with Gasteiger partial charge in [0, 0.05) is 36.5 Å². The van der Waals surface area contributed by atoms with E-state index in [0.29, 0.717) is 24.5 Å². The van der Waals surface area contributed by atoms with Crippen LogP contribution in [0.25, 0.3) is 0 Å². The van der Waals surface area contributed by atoms with E-state index in [4.69, 9.17) is 9.84 Å². The van der Waals surface area contributed by atoms with Gasteiger partial charge in [0.15, 0.2) is 0 Å². The lowest BCUT2D eigenvalue weighted by molar-refractivity contribution is -0.138. The summed E-state index contributed by atoms with van der Waals surface area (Å²) in [7, 11) is 0. The number of carboxylic acid groups (broad SMARTS) is 1. The second kappa shape index (κ2) is 8.85. The van der Waals surface area contributed by atoms with Gasteiger partial charge in [0.25, 0.3) is 5.91 Å². The minimum absolute atomic E-state index is 0.0888. The summed E-state index contributed by atoms with van der Waals surface area (Å²) in [5.41, 5.74) is 1.02. The number of aliphatic carboxylic acids is 1. The van der Waals surface area contributed by atoms with Crippen molar-refractivity contribution in [1.29, 1.82) is 0 Å². The number of carbonyl (C=O) groups excluding carboxylic acids is 2. The highest BCUT2D eigenvalue weighted by Crippen LogP contribution is 2.22. The van der Waals surface area contributed by atoms with Gasteiger partial charge < -0.3 is 25.8 Å². The zero-order chi connectivity index (χ0) is 19.2. The number of ether oxygens (including phenoxy) is 1. The second-order valence-electron chi connectivity index (χ2n) is 7.08. The summed E-state index contributed by atoms with van der Waals surface area (Å²) in [6.07, 6.45) is 3.38. The first-order chi connectivity index (χ1) is 13.0. The van der Waals surface area contributed by atoms with Crippen LogP contribution in [-0.2, 0) is 9.53 Å². The van der Waals surface area contributed by atoms with Gasteiger partial charge in [0.2, 0.25) is 0 Å². The van der Waals surface area contributed by atoms with Crippen molar-refractivity contribution in [3.63, 3.8) is 0 Å². The molecule has 3 amide bonds. The van der Waals surface area contributed by atoms with Crippen LogP contribution in [0.5, 0.6) is 0 Å². The molecule has 0 bridgehead atoms. The van der Waals surface area contributed by atoms with Crippen molar-refractivity contribution in [2.24, 2.45) is 5.92 Å². The Bertz CT molecular complexity index is 681. The first-order valence-corrected chi connectivity index (χ1v) is 9.29. The van der Waals surface area contributed by atoms with E-state index in [-0.39, 0.29) is 30.3 Å². The summed E-state index contributed by atoms with van der Waals surface area (Å²) >= 11 is 0. The monoisotopic (exact) mass is 375 g/mol. The molecule has 27 heavy (non-hydrogen) atoms. The van der Waals surface area contributed by atoms with Crippen molar-refractivity contribution in [2.45, 2.75) is 44.2 Å². The molecule has 1 aromatic rings. The fourth-order valence-corrected chi connectivity index (χ4v) is 3.18. The molecule has 1 saturated carbocycles. The standard InChI is InChI=1S/C19H25N3O5/c23-17(24)11-16(12-7-9-27-10-8-12)22-18(25)13-1-3-14(4-2-13)20-19(26)21-15-5-6-15/h1-4,12,15-16H,5-11H2,(H,22,25)(H,23,24)(H2,20,21,26)/t16-/m1/s1. The molecule has 1 aliphatic carbocycles. The van der Waals surface area contributed by atoms with E-state index in [0.717, 1.165) is 25.7 Å². The van der Waals surface area contributed by atoms with Crippen LogP contribution in [-0.4, -0.2) is 48.3 Å². The third-order valence-corrected chi connectivity index (χ3v) is 4.86. The van der Waals surface area contributed by atoms with E-state index in [9.17, 15) is 14.4 Å². The normalized spacial score (nSPS) is 18.4. The van der Waals surface area contributed by atoms with Gasteiger partial charge >= 0.3 is 12.0 Å². The summed E-state index contributed by atoms with van der Waals surface area (Å²) in [5.74, 6) is -1.17. The zero-order valence-electron chi connectivity index (χ0n) is 15.1. The number of carboxylic acids is 1. The number of benzene rings is 1. The first kappa shape index (κ1) is 19.2. The van der Waals surface area contributed by atoms with Crippen molar-refractivity contribution >= 4 is 23.6 Å². The third kappa shape index (κ3) is 5.96. The van der Waals surface area contributed by atoms with Gasteiger partial charge in [-0.05, 0) is 55.9 Å². The average Bonchev–Trinajstić information content (AvgIpc) is 3.46. The Hall–Kier alpha value is -2.61. The molecule has 1 saturated heterocycles. The van der Waals surface area contributed by atoms with E-state index < -0.39 is 12.0 Å². The number of hydrogen-bond donors (Lipinski definition) is 4. The number of amides is 3. The van der Waals surface area contributed by atoms with Gasteiger partial charge in [-0.2, -0.15) is 0 Å². The number of nitrogens with one attached hydrogen (secondary N) is 3. The van der Waals surface area contributed by atoms with E-state index in [1.165, 1.54) is 0 Å². The molecule has 0 aromatic heterocycles. The minimum atomic E-state index is -0.937. The number of hydrogen-bond acceptors (Lipinski definition) is 4. The molecule has 0 unspecified atom stereocenters. The number of urea groups is 1. The molecule has 3 rings (SSSR count). The number of anilines is 1. The SMILES string of the molecule is O=C(O)C[C@@H](NC(=O)c1ccc(NC(=O)NC2CC2)cc1)C1CCOCC1. The van der Waals surface area contributed by atoms with Crippen LogP contribution in [0.15, 0.2) is 24.3 Å². The van der Waals surface area contributed by atoms with Gasteiger partial charge in [-0.15, -0.1) is 0 Å². The topological polar surface area (TPSA) is 117 Å². The van der Waals surface area contributed by atoms with Gasteiger partial charge in [-0.25, -0.2) is 4.79 Å². The smallest absolute Gasteiger partial charge is 0.319 e. The van der Waals surface area contributed by atoms with Crippen LogP contribution in [0.4, 0.5) is 10.5 Å². The molecule has 4 N–H and O–H groups in total. The lowest BCUT2D eigenvalue weighted by Gasteiger charge is -2.30. The highest BCUT2D eigenvalue weighted by molar-refractivity contribution is 5.96. The zero-order valence-corrected chi connectivity index (χ0v) is 15.1. The Morgan fingerprint density at radius 3 is 2.33 bits per heavy atom. The molecule has 0 radical (unpaired) electrons. The van der Waals surface area contributed by atoms with Crippen molar-refractivity contribution in [3.05, 3.63) is 29.8 Å². The molecule has 1 aromatic carbocycles. The van der Waals surface area contributed by atoms with Crippen LogP contribution >= 0.6 is 0 Å². The maximum atomic E-state index is 12.5. The molecule has 1 atom stereocenters. The predicted octanol–water partition coefficient (Wildman–Crippen LogP) is 1.97. The Morgan fingerprint density at radius 2 is 1.74 bits per heavy atom. The molecule has 1 aliphatic heterocycles. The van der Waals surface area contributed by atoms with Crippen LogP contribution < -0.4 is 16.0 Å². The average molecular weight is 375 g/mol. The summed E-state index contributed by atoms with van der Waals surface area (Å²) in [5, 5.41) is 17.6. The quantitative estimate of drug-likeness (QED) is 0.581. The summed E-state index contributed by atoms with van der Waals surface area (Å²) in [4.78, 5) is 35.4. The molecule has 1 heterocycles. The van der Waals surface area contributed by atoms with Crippen LogP contribution in [0.1, 0.15) is 42.5 Å². The maximum Gasteiger partial charge on any atom is 0.319 e. The predicted molar refractivity (Wildman–Crippen MR) is 98.7 cm³/mol. The van der Waals surface area contributed by atoms with Crippen molar-refractivity contribution < 1.29 is 24.2 Å². The number of rotatable bonds is 7. The Morgan fingerprint density at radius 1 is 1.07 bits per heavy atom. The summed E-state index contributed by atoms with van der Waals surface area (Å²) < 4.78 is 5.32. The number of carbonyl (C=O) groups is 3. The highest BCUT2D eigenvalue weighted by atomic mass is 16.5. The molecule has 8 nitrogen and oxygen atoms in total. The maximum absolute atomic E-state index is 12.5. The largest absolute Gasteiger partial charge is 0.481 e. The molecular formula is C19H25N3O5. The summed E-state index contributed by atoms with van der Waals surface area (Å²) in [6.45, 7) is 1.17. The first-order valence-electron chi connectivity index (χ1n) is 9.29. The van der Waals surface area contributed by atoms with E-state index >= 15 is 0 Å². The Balaban J connectivity index is 1.57. The molecule has 0 spiro atoms. The van der Waals surface area contributed by atoms with Gasteiger partial charge in [0.05, 0.1) is 6.42 Å². The Kier molecular flexibility index (Phi) is 6.28. The third-order valence-electron chi connectivity index (χ3n) is 4.86.